The Balaban J connectivity index is 1.75. The van der Waals surface area contributed by atoms with E-state index in [2.05, 4.69) is 15.3 Å². The maximum Gasteiger partial charge on any atom is 0.328 e. The SMILES string of the molecule is C[C@@H](CO)Oc1cc(NC(=O)N(C)c2ccc(CN3CCN(C)CC3=C=O)c(C=O)n2)ncc1C#N. The van der Waals surface area contributed by atoms with Gasteiger partial charge in [-0.3, -0.25) is 19.9 Å². The summed E-state index contributed by atoms with van der Waals surface area (Å²) in [7, 11) is 3.40. The van der Waals surface area contributed by atoms with E-state index in [1.54, 1.807) is 19.1 Å². The molecule has 3 heterocycles. The molecule has 0 unspecified atom stereocenters. The number of urea groups is 1. The molecule has 3 rings (SSSR count). The minimum Gasteiger partial charge on any atom is -0.487 e. The molecular weight excluding hydrogens is 466 g/mol. The molecule has 188 valence electrons. The van der Waals surface area contributed by atoms with Crippen molar-refractivity contribution in [1.82, 2.24) is 19.8 Å². The molecule has 12 heteroatoms. The van der Waals surface area contributed by atoms with E-state index in [0.29, 0.717) is 37.2 Å². The molecule has 1 fully saturated rings. The van der Waals surface area contributed by atoms with Crippen LogP contribution in [0.1, 0.15) is 28.5 Å². The van der Waals surface area contributed by atoms with Crippen LogP contribution in [0.15, 0.2) is 30.1 Å². The largest absolute Gasteiger partial charge is 0.487 e. The first-order valence-electron chi connectivity index (χ1n) is 11.1. The van der Waals surface area contributed by atoms with Crippen molar-refractivity contribution in [3.8, 4) is 11.8 Å². The maximum absolute atomic E-state index is 12.8. The molecule has 1 aliphatic heterocycles. The van der Waals surface area contributed by atoms with E-state index in [4.69, 9.17) is 4.74 Å². The lowest BCUT2D eigenvalue weighted by molar-refractivity contribution is 0.111. The first kappa shape index (κ1) is 26.3. The van der Waals surface area contributed by atoms with E-state index in [1.165, 1.54) is 24.2 Å². The van der Waals surface area contributed by atoms with Gasteiger partial charge in [-0.05, 0) is 20.0 Å². The van der Waals surface area contributed by atoms with Gasteiger partial charge in [0.25, 0.3) is 0 Å². The summed E-state index contributed by atoms with van der Waals surface area (Å²) < 4.78 is 5.52. The fourth-order valence-electron chi connectivity index (χ4n) is 3.49. The lowest BCUT2D eigenvalue weighted by Gasteiger charge is -2.34. The smallest absolute Gasteiger partial charge is 0.328 e. The minimum absolute atomic E-state index is 0.126. The van der Waals surface area contributed by atoms with Crippen LogP contribution in [-0.2, 0) is 11.3 Å². The van der Waals surface area contributed by atoms with Crippen LogP contribution in [0.3, 0.4) is 0 Å². The number of aldehydes is 1. The average Bonchev–Trinajstić information content (AvgIpc) is 2.89. The highest BCUT2D eigenvalue weighted by Crippen LogP contribution is 2.23. The second kappa shape index (κ2) is 11.9. The number of piperazine rings is 1. The van der Waals surface area contributed by atoms with Crippen LogP contribution in [0.5, 0.6) is 5.75 Å². The number of pyridine rings is 2. The number of hydrogen-bond acceptors (Lipinski definition) is 10. The number of hydrogen-bond donors (Lipinski definition) is 2. The topological polar surface area (TPSA) is 152 Å². The normalized spacial score (nSPS) is 14.4. The third-order valence-electron chi connectivity index (χ3n) is 5.60. The lowest BCUT2D eigenvalue weighted by atomic mass is 10.1. The van der Waals surface area contributed by atoms with Crippen LogP contribution in [0.4, 0.5) is 16.4 Å². The summed E-state index contributed by atoms with van der Waals surface area (Å²) in [4.78, 5) is 49.4. The number of rotatable bonds is 8. The number of carbonyl (C=O) groups is 2. The predicted molar refractivity (Wildman–Crippen MR) is 130 cm³/mol. The van der Waals surface area contributed by atoms with Gasteiger partial charge in [-0.15, -0.1) is 0 Å². The van der Waals surface area contributed by atoms with E-state index in [0.717, 1.165) is 6.54 Å². The van der Waals surface area contributed by atoms with E-state index in [1.807, 2.05) is 28.9 Å². The fourth-order valence-corrected chi connectivity index (χ4v) is 3.49. The zero-order valence-corrected chi connectivity index (χ0v) is 20.3. The molecule has 2 amide bonds. The highest BCUT2D eigenvalue weighted by molar-refractivity contribution is 6.00. The number of nitrogens with zero attached hydrogens (tertiary/aromatic N) is 6. The molecule has 2 N–H and O–H groups in total. The molecule has 2 aromatic heterocycles. The number of nitrogens with one attached hydrogen (secondary N) is 1. The predicted octanol–water partition coefficient (Wildman–Crippen LogP) is 1.05. The zero-order chi connectivity index (χ0) is 26.2. The van der Waals surface area contributed by atoms with Gasteiger partial charge in [0.1, 0.15) is 52.5 Å². The third-order valence-corrected chi connectivity index (χ3v) is 5.60. The van der Waals surface area contributed by atoms with Crippen molar-refractivity contribution in [3.63, 3.8) is 0 Å². The van der Waals surface area contributed by atoms with Gasteiger partial charge in [-0.2, -0.15) is 5.26 Å². The molecule has 1 atom stereocenters. The first-order valence-corrected chi connectivity index (χ1v) is 11.1. The fraction of sp³-hybridized carbons (Fsp3) is 0.375. The molecule has 2 aromatic rings. The lowest BCUT2D eigenvalue weighted by Crippen LogP contribution is -2.42. The molecule has 36 heavy (non-hydrogen) atoms. The van der Waals surface area contributed by atoms with Crippen LogP contribution in [-0.4, -0.2) is 89.6 Å². The second-order valence-electron chi connectivity index (χ2n) is 8.32. The van der Waals surface area contributed by atoms with Gasteiger partial charge < -0.3 is 14.7 Å². The quantitative estimate of drug-likeness (QED) is 0.403. The summed E-state index contributed by atoms with van der Waals surface area (Å²) in [5.74, 6) is 2.49. The number of aliphatic hydroxyl groups is 1. The Bertz CT molecular complexity index is 1220. The standard InChI is InChI=1S/C24H27N7O5/c1-16(13-32)36-21-8-22(26-10-18(21)9-25)28-24(35)30(3)23-5-4-17(20(15-34)27-23)11-31-7-6-29(2)12-19(31)14-33/h4-5,8,10,15-16,32H,6-7,11-13H2,1-3H3,(H,26,28,35)/t16-/m0/s1. The Morgan fingerprint density at radius 1 is 1.42 bits per heavy atom. The van der Waals surface area contributed by atoms with Crippen LogP contribution >= 0.6 is 0 Å². The van der Waals surface area contributed by atoms with Crippen molar-refractivity contribution < 1.29 is 24.2 Å². The number of amides is 2. The van der Waals surface area contributed by atoms with Crippen LogP contribution in [0.2, 0.25) is 0 Å². The van der Waals surface area contributed by atoms with E-state index in [-0.39, 0.29) is 35.2 Å². The Labute approximate surface area is 208 Å². The van der Waals surface area contributed by atoms with Crippen molar-refractivity contribution in [2.24, 2.45) is 0 Å². The molecule has 0 saturated carbocycles. The summed E-state index contributed by atoms with van der Waals surface area (Å²) in [6.07, 6.45) is 1.31. The summed E-state index contributed by atoms with van der Waals surface area (Å²) in [5, 5.41) is 21.0. The van der Waals surface area contributed by atoms with Gasteiger partial charge in [0, 0.05) is 44.9 Å². The van der Waals surface area contributed by atoms with Gasteiger partial charge in [0.15, 0.2) is 6.29 Å². The van der Waals surface area contributed by atoms with Gasteiger partial charge in [0.05, 0.1) is 12.8 Å². The van der Waals surface area contributed by atoms with Crippen LogP contribution in [0, 0.1) is 11.3 Å². The van der Waals surface area contributed by atoms with Crippen molar-refractivity contribution in [2.75, 3.05) is 50.6 Å². The van der Waals surface area contributed by atoms with Crippen LogP contribution in [0.25, 0.3) is 0 Å². The molecule has 1 aliphatic rings. The van der Waals surface area contributed by atoms with Crippen LogP contribution < -0.4 is 15.0 Å². The molecule has 0 bridgehead atoms. The second-order valence-corrected chi connectivity index (χ2v) is 8.32. The number of anilines is 2. The Morgan fingerprint density at radius 3 is 2.86 bits per heavy atom. The molecular formula is C24H27N7O5. The summed E-state index contributed by atoms with van der Waals surface area (Å²) >= 11 is 0. The maximum atomic E-state index is 12.8. The highest BCUT2D eigenvalue weighted by Gasteiger charge is 2.22. The number of nitriles is 1. The number of carbonyl (C=O) groups excluding carboxylic acids is 3. The van der Waals surface area contributed by atoms with E-state index < -0.39 is 12.1 Å². The summed E-state index contributed by atoms with van der Waals surface area (Å²) in [6, 6.07) is 6.04. The number of aliphatic hydroxyl groups excluding tert-OH is 1. The Hall–Kier alpha value is -4.30. The number of ether oxygens (including phenoxy) is 1. The van der Waals surface area contributed by atoms with Gasteiger partial charge in [-0.25, -0.2) is 19.6 Å². The van der Waals surface area contributed by atoms with E-state index in [9.17, 15) is 24.8 Å². The van der Waals surface area contributed by atoms with Crippen molar-refractivity contribution in [2.45, 2.75) is 19.6 Å². The first-order chi connectivity index (χ1) is 17.3. The number of likely N-dealkylation sites (N-methyl/N-ethyl adjacent to an activating group) is 1. The molecule has 0 radical (unpaired) electrons. The van der Waals surface area contributed by atoms with Gasteiger partial charge in [0.2, 0.25) is 0 Å². The highest BCUT2D eigenvalue weighted by atomic mass is 16.5. The van der Waals surface area contributed by atoms with Crippen molar-refractivity contribution in [1.29, 1.82) is 5.26 Å². The summed E-state index contributed by atoms with van der Waals surface area (Å²) in [5.41, 5.74) is 1.44. The molecule has 0 spiro atoms. The zero-order valence-electron chi connectivity index (χ0n) is 20.3. The molecule has 0 aromatic carbocycles. The average molecular weight is 494 g/mol. The van der Waals surface area contributed by atoms with Crippen molar-refractivity contribution in [3.05, 3.63) is 46.9 Å². The van der Waals surface area contributed by atoms with Gasteiger partial charge >= 0.3 is 6.03 Å². The Kier molecular flexibility index (Phi) is 8.70. The Morgan fingerprint density at radius 2 is 2.19 bits per heavy atom. The van der Waals surface area contributed by atoms with Gasteiger partial charge in [-0.1, -0.05) is 6.07 Å². The monoisotopic (exact) mass is 493 g/mol. The summed E-state index contributed by atoms with van der Waals surface area (Å²) in [6.45, 7) is 3.56. The number of aromatic nitrogens is 2. The molecule has 0 aliphatic carbocycles. The van der Waals surface area contributed by atoms with E-state index >= 15 is 0 Å². The molecule has 12 nitrogen and oxygen atoms in total. The molecule has 1 saturated heterocycles. The third kappa shape index (κ3) is 6.22. The van der Waals surface area contributed by atoms with Crippen molar-refractivity contribution >= 4 is 29.9 Å². The minimum atomic E-state index is -0.587.